The van der Waals surface area contributed by atoms with Crippen LogP contribution in [0.2, 0.25) is 0 Å². The molecule has 0 bridgehead atoms. The topological polar surface area (TPSA) is 22.7 Å². The molecule has 0 amide bonds. The monoisotopic (exact) mass is 751 g/mol. The number of aryl methyl sites for hydroxylation is 1. The lowest BCUT2D eigenvalue weighted by atomic mass is 10.1. The Morgan fingerprint density at radius 1 is 0.574 bits per heavy atom. The third-order valence-electron chi connectivity index (χ3n) is 8.99. The van der Waals surface area contributed by atoms with E-state index in [1.54, 1.807) is 0 Å². The molecule has 5 aromatic rings. The van der Waals surface area contributed by atoms with Crippen LogP contribution in [-0.2, 0) is 19.6 Å². The molecule has 278 valence electrons. The van der Waals surface area contributed by atoms with Gasteiger partial charge in [0.1, 0.15) is 6.54 Å². The van der Waals surface area contributed by atoms with Crippen molar-refractivity contribution in [3.05, 3.63) is 180 Å². The van der Waals surface area contributed by atoms with E-state index >= 15 is 0 Å². The highest BCUT2D eigenvalue weighted by atomic mass is 33.1. The second-order valence-electron chi connectivity index (χ2n) is 12.9. The van der Waals surface area contributed by atoms with Crippen molar-refractivity contribution in [1.82, 2.24) is 0 Å². The molecular weight excluding hydrogens is 697 g/mol. The smallest absolute Gasteiger partial charge is 0.205 e. The van der Waals surface area contributed by atoms with Gasteiger partial charge in [0.2, 0.25) is 5.69 Å². The molecule has 4 nitrogen and oxygen atoms in total. The van der Waals surface area contributed by atoms with E-state index in [1.165, 1.54) is 39.3 Å². The Balaban J connectivity index is 1.15. The third-order valence-corrected chi connectivity index (χ3v) is 11.4. The highest BCUT2D eigenvalue weighted by molar-refractivity contribution is 8.76. The van der Waals surface area contributed by atoms with Crippen molar-refractivity contribution < 1.29 is 4.57 Å². The minimum atomic E-state index is 0.860. The molecule has 0 aliphatic rings. The predicted octanol–water partition coefficient (Wildman–Crippen LogP) is 11.7. The van der Waals surface area contributed by atoms with Crippen LogP contribution in [0, 0.1) is 0 Å². The van der Waals surface area contributed by atoms with Crippen molar-refractivity contribution in [1.29, 1.82) is 0 Å². The van der Waals surface area contributed by atoms with Gasteiger partial charge in [-0.15, -0.1) is 0 Å². The normalized spacial score (nSPS) is 11.7. The number of allylic oxidation sites excluding steroid dienone is 3. The summed E-state index contributed by atoms with van der Waals surface area (Å²) in [6.45, 7) is 9.81. The van der Waals surface area contributed by atoms with E-state index in [1.807, 2.05) is 27.8 Å². The molecule has 0 fully saturated rings. The molecule has 0 unspecified atom stereocenters. The molecule has 1 heterocycles. The maximum Gasteiger partial charge on any atom is 0.205 e. The van der Waals surface area contributed by atoms with Gasteiger partial charge in [0.15, 0.2) is 6.20 Å². The number of benzene rings is 4. The number of hydrogen-bond donors (Lipinski definition) is 0. The second-order valence-corrected chi connectivity index (χ2v) is 15.6. The molecule has 4 aromatic carbocycles. The Hall–Kier alpha value is -4.78. The summed E-state index contributed by atoms with van der Waals surface area (Å²) in [6, 6.07) is 45.9. The Bertz CT molecular complexity index is 1890. The SMILES string of the molecule is CCN=CCC/C=C/C=C/c1ccc(N(CCSSCCN(Cc2ccccc2)c2ccc(/C=C/c3cccc[n+]3CC)cc2)Cc2ccccc2)cc1. The number of aromatic nitrogens is 1. The summed E-state index contributed by atoms with van der Waals surface area (Å²) in [5.41, 5.74) is 8.80. The van der Waals surface area contributed by atoms with E-state index in [4.69, 9.17) is 0 Å². The lowest BCUT2D eigenvalue weighted by molar-refractivity contribution is -0.695. The first kappa shape index (κ1) is 40.4. The van der Waals surface area contributed by atoms with Gasteiger partial charge in [-0.25, -0.2) is 0 Å². The first-order valence-corrected chi connectivity index (χ1v) is 21.7. The fourth-order valence-electron chi connectivity index (χ4n) is 6.05. The molecule has 0 spiro atoms. The number of rotatable bonds is 22. The van der Waals surface area contributed by atoms with Crippen molar-refractivity contribution in [3.8, 4) is 0 Å². The van der Waals surface area contributed by atoms with Crippen molar-refractivity contribution in [3.63, 3.8) is 0 Å². The van der Waals surface area contributed by atoms with E-state index in [0.29, 0.717) is 0 Å². The van der Waals surface area contributed by atoms with Gasteiger partial charge in [-0.05, 0) is 91.6 Å². The van der Waals surface area contributed by atoms with Crippen LogP contribution in [0.15, 0.2) is 157 Å². The first-order valence-electron chi connectivity index (χ1n) is 19.2. The van der Waals surface area contributed by atoms with Crippen molar-refractivity contribution in [2.24, 2.45) is 4.99 Å². The molecule has 0 atom stereocenters. The summed E-state index contributed by atoms with van der Waals surface area (Å²) in [5, 5.41) is 0. The van der Waals surface area contributed by atoms with Crippen LogP contribution >= 0.6 is 21.6 Å². The zero-order valence-electron chi connectivity index (χ0n) is 31.9. The summed E-state index contributed by atoms with van der Waals surface area (Å²) in [5.74, 6) is 2.09. The Morgan fingerprint density at radius 3 is 1.69 bits per heavy atom. The van der Waals surface area contributed by atoms with Crippen LogP contribution in [0.25, 0.3) is 18.2 Å². The van der Waals surface area contributed by atoms with Crippen LogP contribution in [-0.4, -0.2) is 37.4 Å². The fourth-order valence-corrected chi connectivity index (χ4v) is 8.03. The molecule has 0 saturated heterocycles. The molecule has 0 radical (unpaired) electrons. The number of aliphatic imine (C=N–C) groups is 1. The maximum absolute atomic E-state index is 4.28. The molecule has 0 aliphatic carbocycles. The third kappa shape index (κ3) is 14.2. The minimum Gasteiger partial charge on any atom is -0.366 e. The highest BCUT2D eigenvalue weighted by Gasteiger charge is 2.11. The molecule has 0 N–H and O–H groups in total. The average molecular weight is 752 g/mol. The molecule has 0 aliphatic heterocycles. The predicted molar refractivity (Wildman–Crippen MR) is 240 cm³/mol. The van der Waals surface area contributed by atoms with Gasteiger partial charge in [0.05, 0.1) is 0 Å². The van der Waals surface area contributed by atoms with Gasteiger partial charge in [0.25, 0.3) is 0 Å². The lowest BCUT2D eigenvalue weighted by Gasteiger charge is -2.26. The number of unbranched alkanes of at least 4 members (excludes halogenated alkanes) is 1. The standard InChI is InChI=1S/C48H55N4S2/c1-3-49-34-16-7-5-6-10-18-42-24-30-47(31-25-42)51(40-44-19-11-8-12-20-44)36-38-53-54-39-37-52(41-45-21-13-9-14-22-45)48-32-27-43(28-33-48)26-29-46-23-15-17-35-50(46)4-2/h5-6,8-15,17-35H,3-4,7,16,36-41H2,1-2H3/q+1/b6-5+,18-10+,49-34?. The number of pyridine rings is 1. The van der Waals surface area contributed by atoms with E-state index in [2.05, 4.69) is 203 Å². The molecule has 54 heavy (non-hydrogen) atoms. The maximum atomic E-state index is 4.28. The summed E-state index contributed by atoms with van der Waals surface area (Å²) < 4.78 is 2.26. The Morgan fingerprint density at radius 2 is 1.13 bits per heavy atom. The van der Waals surface area contributed by atoms with Gasteiger partial charge in [0, 0.05) is 73.8 Å². The van der Waals surface area contributed by atoms with Crippen molar-refractivity contribution >= 4 is 57.4 Å². The van der Waals surface area contributed by atoms with Crippen LogP contribution in [0.4, 0.5) is 11.4 Å². The van der Waals surface area contributed by atoms with Crippen LogP contribution < -0.4 is 14.4 Å². The van der Waals surface area contributed by atoms with E-state index in [9.17, 15) is 0 Å². The van der Waals surface area contributed by atoms with E-state index in [-0.39, 0.29) is 0 Å². The van der Waals surface area contributed by atoms with Gasteiger partial charge >= 0.3 is 0 Å². The molecule has 0 saturated carbocycles. The molecule has 6 heteroatoms. The van der Waals surface area contributed by atoms with Gasteiger partial charge in [-0.3, -0.25) is 4.99 Å². The van der Waals surface area contributed by atoms with Crippen LogP contribution in [0.1, 0.15) is 54.6 Å². The number of nitrogens with zero attached hydrogens (tertiary/aromatic N) is 4. The van der Waals surface area contributed by atoms with Gasteiger partial charge < -0.3 is 9.80 Å². The first-order chi connectivity index (χ1) is 26.7. The van der Waals surface area contributed by atoms with Crippen LogP contribution in [0.5, 0.6) is 0 Å². The molecular formula is C48H55N4S2+. The lowest BCUT2D eigenvalue weighted by Crippen LogP contribution is -2.34. The quantitative estimate of drug-likeness (QED) is 0.0231. The number of anilines is 2. The fraction of sp³-hybridized carbons (Fsp3) is 0.250. The van der Waals surface area contributed by atoms with E-state index in [0.717, 1.165) is 63.6 Å². The zero-order valence-corrected chi connectivity index (χ0v) is 33.6. The van der Waals surface area contributed by atoms with Crippen molar-refractivity contribution in [2.45, 2.75) is 46.3 Å². The summed E-state index contributed by atoms with van der Waals surface area (Å²) >= 11 is 0. The molecule has 1 aromatic heterocycles. The average Bonchev–Trinajstić information content (AvgIpc) is 3.22. The van der Waals surface area contributed by atoms with Gasteiger partial charge in [-0.1, -0.05) is 131 Å². The highest BCUT2D eigenvalue weighted by Crippen LogP contribution is 2.26. The summed E-state index contributed by atoms with van der Waals surface area (Å²) in [6.07, 6.45) is 19.2. The summed E-state index contributed by atoms with van der Waals surface area (Å²) in [4.78, 5) is 9.29. The largest absolute Gasteiger partial charge is 0.366 e. The van der Waals surface area contributed by atoms with Crippen molar-refractivity contribution in [2.75, 3.05) is 40.9 Å². The zero-order chi connectivity index (χ0) is 37.5. The van der Waals surface area contributed by atoms with E-state index < -0.39 is 0 Å². The Kier molecular flexibility index (Phi) is 17.8. The molecule has 5 rings (SSSR count). The van der Waals surface area contributed by atoms with Crippen LogP contribution in [0.3, 0.4) is 0 Å². The van der Waals surface area contributed by atoms with Gasteiger partial charge in [-0.2, -0.15) is 4.57 Å². The summed E-state index contributed by atoms with van der Waals surface area (Å²) in [7, 11) is 3.95. The Labute approximate surface area is 332 Å². The second kappa shape index (κ2) is 23.8. The number of hydrogen-bond acceptors (Lipinski definition) is 5. The minimum absolute atomic E-state index is 0.860.